The summed E-state index contributed by atoms with van der Waals surface area (Å²) in [4.78, 5) is 0. The Hall–Kier alpha value is -2.63. The second-order valence-corrected chi connectivity index (χ2v) is 21.2. The van der Waals surface area contributed by atoms with Crippen LogP contribution in [0.2, 0.25) is 0 Å². The van der Waals surface area contributed by atoms with Crippen LogP contribution in [0.25, 0.3) is 0 Å². The molecular weight excluding hydrogens is 699 g/mol. The van der Waals surface area contributed by atoms with Crippen molar-refractivity contribution in [2.75, 3.05) is 20.8 Å². The summed E-state index contributed by atoms with van der Waals surface area (Å²) in [6, 6.07) is 10.2. The number of fused-ring (bicyclic) bond motifs is 1. The normalized spacial score (nSPS) is 15.0. The maximum Gasteiger partial charge on any atom is 0.246 e. The van der Waals surface area contributed by atoms with Crippen molar-refractivity contribution >= 4 is 39.0 Å². The number of benzene rings is 3. The van der Waals surface area contributed by atoms with Crippen molar-refractivity contribution in [1.82, 2.24) is 0 Å². The van der Waals surface area contributed by atoms with Crippen molar-refractivity contribution in [3.63, 3.8) is 0 Å². The van der Waals surface area contributed by atoms with E-state index in [2.05, 4.69) is 123 Å². The molecule has 49 heavy (non-hydrogen) atoms. The Morgan fingerprint density at radius 2 is 1.00 bits per heavy atom. The first-order valence-electron chi connectivity index (χ1n) is 17.2. The molecule has 4 rings (SSSR count). The largest absolute Gasteiger partial charge is 0.496 e. The molecule has 1 aliphatic heterocycles. The molecular formula is C41H58BrO6P. The molecule has 0 aromatic heterocycles. The van der Waals surface area contributed by atoms with Gasteiger partial charge in [0.2, 0.25) is 11.5 Å². The van der Waals surface area contributed by atoms with Crippen LogP contribution in [-0.2, 0) is 26.2 Å². The van der Waals surface area contributed by atoms with Crippen molar-refractivity contribution < 1.29 is 28.2 Å². The number of hydrogen-bond acceptors (Lipinski definition) is 6. The summed E-state index contributed by atoms with van der Waals surface area (Å²) in [6.07, 6.45) is 0. The van der Waals surface area contributed by atoms with Gasteiger partial charge in [0.1, 0.15) is 11.5 Å². The highest BCUT2D eigenvalue weighted by Crippen LogP contribution is 2.57. The molecule has 0 N–H and O–H groups in total. The Bertz CT molecular complexity index is 1640. The molecule has 1 heterocycles. The maximum atomic E-state index is 17.0. The highest BCUT2D eigenvalue weighted by molar-refractivity contribution is 9.10. The van der Waals surface area contributed by atoms with Crippen molar-refractivity contribution in [1.29, 1.82) is 0 Å². The zero-order chi connectivity index (χ0) is 37.3. The van der Waals surface area contributed by atoms with E-state index in [0.717, 1.165) is 33.8 Å². The minimum atomic E-state index is -3.76. The quantitative estimate of drug-likeness (QED) is 0.224. The lowest BCUT2D eigenvalue weighted by Crippen LogP contribution is -2.32. The van der Waals surface area contributed by atoms with Gasteiger partial charge in [-0.3, -0.25) is 0 Å². The molecule has 3 aromatic rings. The van der Waals surface area contributed by atoms with Gasteiger partial charge < -0.3 is 28.2 Å². The molecule has 0 unspecified atom stereocenters. The lowest BCUT2D eigenvalue weighted by atomic mass is 9.79. The summed E-state index contributed by atoms with van der Waals surface area (Å²) in [6.45, 7) is 32.1. The van der Waals surface area contributed by atoms with Crippen molar-refractivity contribution in [3.05, 3.63) is 57.1 Å². The van der Waals surface area contributed by atoms with E-state index in [0.29, 0.717) is 44.2 Å². The summed E-state index contributed by atoms with van der Waals surface area (Å²) in [7, 11) is -0.318. The van der Waals surface area contributed by atoms with Crippen molar-refractivity contribution in [2.24, 2.45) is 0 Å². The van der Waals surface area contributed by atoms with Crippen molar-refractivity contribution in [3.8, 4) is 28.7 Å². The van der Waals surface area contributed by atoms with E-state index in [1.165, 1.54) is 0 Å². The molecule has 8 heteroatoms. The Kier molecular flexibility index (Phi) is 10.3. The molecule has 0 saturated carbocycles. The third-order valence-electron chi connectivity index (χ3n) is 8.97. The van der Waals surface area contributed by atoms with E-state index in [9.17, 15) is 0 Å². The highest BCUT2D eigenvalue weighted by Gasteiger charge is 2.44. The molecule has 0 aliphatic carbocycles. The van der Waals surface area contributed by atoms with Gasteiger partial charge in [-0.2, -0.15) is 0 Å². The van der Waals surface area contributed by atoms with Crippen LogP contribution >= 0.6 is 23.1 Å². The molecule has 270 valence electrons. The van der Waals surface area contributed by atoms with E-state index < -0.39 is 12.9 Å². The smallest absolute Gasteiger partial charge is 0.246 e. The monoisotopic (exact) mass is 756 g/mol. The molecule has 0 bridgehead atoms. The molecule has 6 nitrogen and oxygen atoms in total. The fourth-order valence-electron chi connectivity index (χ4n) is 6.46. The van der Waals surface area contributed by atoms with Gasteiger partial charge >= 0.3 is 0 Å². The number of methoxy groups -OCH3 is 2. The molecule has 1 aliphatic rings. The van der Waals surface area contributed by atoms with E-state index in [4.69, 9.17) is 23.7 Å². The van der Waals surface area contributed by atoms with Crippen LogP contribution in [0.1, 0.15) is 126 Å². The summed E-state index contributed by atoms with van der Waals surface area (Å²) in [5.74, 6) is 2.16. The number of ether oxygens (including phenoxy) is 5. The zero-order valence-electron chi connectivity index (χ0n) is 32.9. The molecule has 0 radical (unpaired) electrons. The van der Waals surface area contributed by atoms with Gasteiger partial charge in [0.05, 0.1) is 25.3 Å². The van der Waals surface area contributed by atoms with Gasteiger partial charge in [0.15, 0.2) is 18.6 Å². The second-order valence-electron chi connectivity index (χ2n) is 17.7. The fraction of sp³-hybridized carbons (Fsp3) is 0.561. The third kappa shape index (κ3) is 7.27. The molecule has 3 aromatic carbocycles. The Balaban J connectivity index is 2.34. The van der Waals surface area contributed by atoms with Gasteiger partial charge in [-0.25, -0.2) is 0 Å². The van der Waals surface area contributed by atoms with Crippen LogP contribution in [0.4, 0.5) is 0 Å². The topological polar surface area (TPSA) is 63.2 Å². The average Bonchev–Trinajstić information content (AvgIpc) is 3.30. The van der Waals surface area contributed by atoms with Crippen LogP contribution in [0.15, 0.2) is 34.8 Å². The Morgan fingerprint density at radius 1 is 0.653 bits per heavy atom. The minimum absolute atomic E-state index is 0.314. The summed E-state index contributed by atoms with van der Waals surface area (Å²) in [5, 5.41) is 1.98. The molecule has 0 saturated heterocycles. The summed E-state index contributed by atoms with van der Waals surface area (Å²) < 4.78 is 48.7. The zero-order valence-corrected chi connectivity index (χ0v) is 35.3. The molecule has 0 fully saturated rings. The van der Waals surface area contributed by atoms with Gasteiger partial charge in [-0.15, -0.1) is 0 Å². The Labute approximate surface area is 304 Å². The fourth-order valence-corrected chi connectivity index (χ4v) is 10.4. The maximum absolute atomic E-state index is 17.0. The van der Waals surface area contributed by atoms with Crippen molar-refractivity contribution in [2.45, 2.75) is 131 Å². The summed E-state index contributed by atoms with van der Waals surface area (Å²) in [5.41, 5.74) is 2.69. The van der Waals surface area contributed by atoms with Crippen LogP contribution in [0.5, 0.6) is 28.7 Å². The van der Waals surface area contributed by atoms with E-state index in [1.807, 2.05) is 26.8 Å². The molecule has 0 atom stereocenters. The van der Waals surface area contributed by atoms with E-state index in [-0.39, 0.29) is 21.7 Å². The van der Waals surface area contributed by atoms with Gasteiger partial charge in [0, 0.05) is 52.0 Å². The molecule has 0 spiro atoms. The first kappa shape index (κ1) is 39.2. The average molecular weight is 758 g/mol. The van der Waals surface area contributed by atoms with Crippen LogP contribution in [-0.4, -0.2) is 26.6 Å². The third-order valence-corrected chi connectivity index (χ3v) is 13.1. The standard InChI is InChI=1S/C41H58BrO6P/c1-18-46-30-23-31(32(42)36-35(30)47-41(14,15)48-36)49(43,24-19-26(37(2,3)4)33(44-16)27(20-24)38(5,6)7)25-21-28(39(8,9)10)34(45-17)29(22-25)40(11,12)13/h19-23H,18H2,1-17H3. The SMILES string of the molecule is CCOc1cc(P(=O)(c2cc(C(C)(C)C)c(OC)c(C(C)(C)C)c2)c2cc(C(C)(C)C)c(OC)c(C(C)(C)C)c2)c(Br)c2c1OC(C)(C)O2. The van der Waals surface area contributed by atoms with Gasteiger partial charge in [-0.05, 0) is 74.8 Å². The minimum Gasteiger partial charge on any atom is -0.496 e. The first-order valence-corrected chi connectivity index (χ1v) is 19.7. The number of hydrogen-bond donors (Lipinski definition) is 0. The van der Waals surface area contributed by atoms with Crippen LogP contribution < -0.4 is 39.6 Å². The first-order chi connectivity index (χ1) is 22.2. The highest BCUT2D eigenvalue weighted by atomic mass is 79.9. The predicted octanol–water partition coefficient (Wildman–Crippen LogP) is 10.2. The van der Waals surface area contributed by atoms with Crippen LogP contribution in [0, 0.1) is 0 Å². The summed E-state index contributed by atoms with van der Waals surface area (Å²) >= 11 is 3.91. The van der Waals surface area contributed by atoms with Gasteiger partial charge in [0.25, 0.3) is 0 Å². The molecule has 0 amide bonds. The van der Waals surface area contributed by atoms with E-state index >= 15 is 4.57 Å². The number of rotatable bonds is 7. The van der Waals surface area contributed by atoms with E-state index in [1.54, 1.807) is 14.2 Å². The Morgan fingerprint density at radius 3 is 1.31 bits per heavy atom. The second kappa shape index (κ2) is 12.9. The van der Waals surface area contributed by atoms with Crippen LogP contribution in [0.3, 0.4) is 0 Å². The lowest BCUT2D eigenvalue weighted by Gasteiger charge is -2.34. The predicted molar refractivity (Wildman–Crippen MR) is 208 cm³/mol. The number of halogens is 1. The van der Waals surface area contributed by atoms with Gasteiger partial charge in [-0.1, -0.05) is 83.1 Å². The lowest BCUT2D eigenvalue weighted by molar-refractivity contribution is -0.0443.